The molecule has 9 heteroatoms. The fraction of sp³-hybridized carbons (Fsp3) is 0.588. The molecule has 1 aliphatic heterocycles. The molecule has 0 aromatic heterocycles. The minimum absolute atomic E-state index is 0.203. The van der Waals surface area contributed by atoms with Crippen molar-refractivity contribution in [2.24, 2.45) is 0 Å². The molecule has 1 aromatic rings. The van der Waals surface area contributed by atoms with Gasteiger partial charge in [0.1, 0.15) is 23.1 Å². The Hall–Kier alpha value is -1.84. The molecule has 1 aromatic carbocycles. The number of benzene rings is 1. The van der Waals surface area contributed by atoms with Crippen LogP contribution in [0, 0.1) is 17.5 Å². The van der Waals surface area contributed by atoms with Gasteiger partial charge in [0, 0.05) is 18.1 Å². The number of alkyl carbamates (subject to hydrolysis) is 1. The molecule has 26 heavy (non-hydrogen) atoms. The van der Waals surface area contributed by atoms with E-state index in [-0.39, 0.29) is 18.6 Å². The summed E-state index contributed by atoms with van der Waals surface area (Å²) in [6, 6.07) is -0.0245. The first-order valence-corrected chi connectivity index (χ1v) is 8.03. The first-order chi connectivity index (χ1) is 11.9. The van der Waals surface area contributed by atoms with Crippen molar-refractivity contribution in [3.8, 4) is 0 Å². The van der Waals surface area contributed by atoms with Gasteiger partial charge >= 0.3 is 6.09 Å². The summed E-state index contributed by atoms with van der Waals surface area (Å²) in [5, 5.41) is 22.0. The maximum atomic E-state index is 14.1. The molecule has 1 saturated heterocycles. The number of hydrogen-bond donors (Lipinski definition) is 3. The number of nitrogens with one attached hydrogen (secondary N) is 1. The van der Waals surface area contributed by atoms with Crippen LogP contribution >= 0.6 is 0 Å². The minimum atomic E-state index is -1.68. The molecular weight excluding hydrogens is 355 g/mol. The number of carbonyl (C=O) groups is 1. The Balaban J connectivity index is 2.30. The Bertz CT molecular complexity index is 679. The Morgan fingerprint density at radius 1 is 1.31 bits per heavy atom. The molecule has 1 fully saturated rings. The summed E-state index contributed by atoms with van der Waals surface area (Å²) in [7, 11) is 0. The van der Waals surface area contributed by atoms with Gasteiger partial charge in [0.2, 0.25) is 0 Å². The summed E-state index contributed by atoms with van der Waals surface area (Å²) < 4.78 is 51.4. The second-order valence-electron chi connectivity index (χ2n) is 7.36. The molecule has 0 saturated carbocycles. The van der Waals surface area contributed by atoms with Crippen molar-refractivity contribution in [2.75, 3.05) is 13.2 Å². The number of ether oxygens (including phenoxy) is 2. The highest BCUT2D eigenvalue weighted by Crippen LogP contribution is 2.35. The quantitative estimate of drug-likeness (QED) is 0.703. The van der Waals surface area contributed by atoms with Crippen molar-refractivity contribution < 1.29 is 37.7 Å². The Morgan fingerprint density at radius 3 is 2.50 bits per heavy atom. The largest absolute Gasteiger partial charge is 0.444 e. The number of amides is 1. The zero-order valence-electron chi connectivity index (χ0n) is 14.7. The second kappa shape index (κ2) is 7.42. The van der Waals surface area contributed by atoms with Crippen LogP contribution in [-0.4, -0.2) is 46.8 Å². The van der Waals surface area contributed by atoms with Crippen LogP contribution in [0.4, 0.5) is 18.0 Å². The molecule has 0 spiro atoms. The average Bonchev–Trinajstić information content (AvgIpc) is 2.50. The summed E-state index contributed by atoms with van der Waals surface area (Å²) in [5.74, 6) is -3.69. The summed E-state index contributed by atoms with van der Waals surface area (Å²) in [6.45, 7) is 3.88. The van der Waals surface area contributed by atoms with Crippen LogP contribution in [0.3, 0.4) is 0 Å². The van der Waals surface area contributed by atoms with Crippen molar-refractivity contribution in [2.45, 2.75) is 50.5 Å². The summed E-state index contributed by atoms with van der Waals surface area (Å²) >= 11 is 0. The molecule has 3 N–H and O–H groups in total. The first-order valence-electron chi connectivity index (χ1n) is 8.03. The van der Waals surface area contributed by atoms with E-state index in [0.29, 0.717) is 12.1 Å². The third-order valence-corrected chi connectivity index (χ3v) is 3.84. The predicted molar refractivity (Wildman–Crippen MR) is 84.8 cm³/mol. The van der Waals surface area contributed by atoms with Crippen LogP contribution in [0.5, 0.6) is 0 Å². The second-order valence-corrected chi connectivity index (χ2v) is 7.36. The molecule has 3 unspecified atom stereocenters. The van der Waals surface area contributed by atoms with Crippen LogP contribution in [0.25, 0.3) is 0 Å². The van der Waals surface area contributed by atoms with E-state index in [1.54, 1.807) is 20.8 Å². The average molecular weight is 377 g/mol. The normalized spacial score (nSPS) is 26.5. The van der Waals surface area contributed by atoms with Crippen molar-refractivity contribution in [1.82, 2.24) is 5.32 Å². The summed E-state index contributed by atoms with van der Waals surface area (Å²) in [5.41, 5.74) is -2.80. The van der Waals surface area contributed by atoms with Crippen molar-refractivity contribution in [3.63, 3.8) is 0 Å². The van der Waals surface area contributed by atoms with Gasteiger partial charge in [-0.15, -0.1) is 0 Å². The number of halogens is 3. The van der Waals surface area contributed by atoms with E-state index in [4.69, 9.17) is 9.47 Å². The van der Waals surface area contributed by atoms with Gasteiger partial charge in [0.25, 0.3) is 0 Å². The van der Waals surface area contributed by atoms with E-state index >= 15 is 0 Å². The molecule has 1 heterocycles. The van der Waals surface area contributed by atoms with Crippen LogP contribution in [-0.2, 0) is 9.47 Å². The minimum Gasteiger partial charge on any atom is -0.444 e. The Kier molecular flexibility index (Phi) is 5.84. The molecule has 0 bridgehead atoms. The van der Waals surface area contributed by atoms with Crippen LogP contribution in [0.1, 0.15) is 38.9 Å². The maximum absolute atomic E-state index is 14.1. The van der Waals surface area contributed by atoms with Gasteiger partial charge in [-0.25, -0.2) is 18.0 Å². The van der Waals surface area contributed by atoms with Crippen LogP contribution in [0.2, 0.25) is 0 Å². The van der Waals surface area contributed by atoms with Gasteiger partial charge < -0.3 is 25.0 Å². The number of hydrogen-bond acceptors (Lipinski definition) is 5. The van der Waals surface area contributed by atoms with E-state index < -0.39 is 53.5 Å². The van der Waals surface area contributed by atoms with E-state index in [2.05, 4.69) is 5.32 Å². The van der Waals surface area contributed by atoms with Gasteiger partial charge in [0.15, 0.2) is 11.6 Å². The molecule has 6 nitrogen and oxygen atoms in total. The zero-order valence-corrected chi connectivity index (χ0v) is 14.7. The van der Waals surface area contributed by atoms with Crippen LogP contribution < -0.4 is 5.32 Å². The van der Waals surface area contributed by atoms with E-state index in [1.807, 2.05) is 0 Å². The monoisotopic (exact) mass is 377 g/mol. The topological polar surface area (TPSA) is 88.0 Å². The van der Waals surface area contributed by atoms with Crippen molar-refractivity contribution in [1.29, 1.82) is 0 Å². The van der Waals surface area contributed by atoms with Gasteiger partial charge in [-0.05, 0) is 26.8 Å². The predicted octanol–water partition coefficient (Wildman–Crippen LogP) is 2.18. The van der Waals surface area contributed by atoms with Crippen molar-refractivity contribution in [3.05, 3.63) is 35.1 Å². The highest BCUT2D eigenvalue weighted by Gasteiger charge is 2.43. The molecule has 0 aliphatic carbocycles. The number of aliphatic hydroxyl groups excluding tert-OH is 1. The lowest BCUT2D eigenvalue weighted by molar-refractivity contribution is -0.153. The maximum Gasteiger partial charge on any atom is 0.407 e. The Labute approximate surface area is 148 Å². The van der Waals surface area contributed by atoms with E-state index in [0.717, 1.165) is 0 Å². The fourth-order valence-electron chi connectivity index (χ4n) is 2.69. The smallest absolute Gasteiger partial charge is 0.407 e. The van der Waals surface area contributed by atoms with E-state index in [9.17, 15) is 28.2 Å². The number of carbonyl (C=O) groups excluding carboxylic acids is 1. The van der Waals surface area contributed by atoms with Gasteiger partial charge in [-0.1, -0.05) is 0 Å². The number of rotatable bonds is 3. The Morgan fingerprint density at radius 2 is 1.92 bits per heavy atom. The molecule has 1 amide bonds. The lowest BCUT2D eigenvalue weighted by Crippen LogP contribution is -2.55. The van der Waals surface area contributed by atoms with E-state index in [1.165, 1.54) is 0 Å². The van der Waals surface area contributed by atoms with Gasteiger partial charge in [-0.3, -0.25) is 0 Å². The number of aliphatic hydroxyl groups is 2. The highest BCUT2D eigenvalue weighted by molar-refractivity contribution is 5.68. The van der Waals surface area contributed by atoms with Crippen LogP contribution in [0.15, 0.2) is 12.1 Å². The van der Waals surface area contributed by atoms with Gasteiger partial charge in [-0.2, -0.15) is 0 Å². The molecule has 146 valence electrons. The molecule has 2 rings (SSSR count). The standard InChI is InChI=1S/C17H22F3NO5/c1-16(2,3)26-15(23)21-13-6-17(24,7-22)8-25-14(13)9-4-11(19)12(20)5-10(9)18/h4-5,13-14,22,24H,6-8H2,1-3H3,(H,21,23). The zero-order chi connectivity index (χ0) is 19.7. The fourth-order valence-corrected chi connectivity index (χ4v) is 2.69. The third kappa shape index (κ3) is 4.87. The third-order valence-electron chi connectivity index (χ3n) is 3.84. The van der Waals surface area contributed by atoms with Gasteiger partial charge in [0.05, 0.1) is 19.3 Å². The molecular formula is C17H22F3NO5. The SMILES string of the molecule is CC(C)(C)OC(=O)NC1CC(O)(CO)COC1c1cc(F)c(F)cc1F. The van der Waals surface area contributed by atoms with Crippen molar-refractivity contribution >= 4 is 6.09 Å². The lowest BCUT2D eigenvalue weighted by atomic mass is 9.87. The lowest BCUT2D eigenvalue weighted by Gasteiger charge is -2.41. The first kappa shape index (κ1) is 20.5. The molecule has 3 atom stereocenters. The molecule has 1 aliphatic rings. The summed E-state index contributed by atoms with van der Waals surface area (Å²) in [6.07, 6.45) is -2.27. The highest BCUT2D eigenvalue weighted by atomic mass is 19.2. The summed E-state index contributed by atoms with van der Waals surface area (Å²) in [4.78, 5) is 12.0. The molecule has 0 radical (unpaired) electrons.